The normalized spacial score (nSPS) is 23.1. The quantitative estimate of drug-likeness (QED) is 0.781. The summed E-state index contributed by atoms with van der Waals surface area (Å²) >= 11 is 1.48. The van der Waals surface area contributed by atoms with Gasteiger partial charge in [0.15, 0.2) is 0 Å². The molecule has 2 atom stereocenters. The number of carbonyl (C=O) groups is 2. The molecular weight excluding hydrogens is 334 g/mol. The van der Waals surface area contributed by atoms with Crippen molar-refractivity contribution in [1.82, 2.24) is 4.90 Å². The van der Waals surface area contributed by atoms with Gasteiger partial charge in [-0.05, 0) is 42.0 Å². The predicted molar refractivity (Wildman–Crippen MR) is 86.5 cm³/mol. The molecule has 2 saturated heterocycles. The Morgan fingerprint density at radius 3 is 2.12 bits per heavy atom. The summed E-state index contributed by atoms with van der Waals surface area (Å²) in [5.41, 5.74) is 1.12. The van der Waals surface area contributed by atoms with Crippen LogP contribution in [0.15, 0.2) is 48.5 Å². The lowest BCUT2D eigenvalue weighted by atomic mass is 10.2. The first-order chi connectivity index (χ1) is 11.6. The first-order valence-electron chi connectivity index (χ1n) is 7.35. The van der Waals surface area contributed by atoms with Crippen molar-refractivity contribution in [3.05, 3.63) is 65.7 Å². The second kappa shape index (κ2) is 5.59. The average molecular weight is 346 g/mol. The summed E-state index contributed by atoms with van der Waals surface area (Å²) < 4.78 is 26.2. The van der Waals surface area contributed by atoms with Gasteiger partial charge in [-0.3, -0.25) is 9.69 Å². The molecule has 0 saturated carbocycles. The SMILES string of the molecule is O=C1C2CSC(c3ccc(F)cc3)N2C(=O)N1c1ccc(F)cc1. The molecule has 3 amide bonds. The van der Waals surface area contributed by atoms with E-state index in [4.69, 9.17) is 0 Å². The van der Waals surface area contributed by atoms with Crippen molar-refractivity contribution in [3.8, 4) is 0 Å². The number of benzene rings is 2. The number of thioether (sulfide) groups is 1. The number of hydrogen-bond acceptors (Lipinski definition) is 3. The molecule has 2 aliphatic heterocycles. The maximum absolute atomic E-state index is 13.1. The van der Waals surface area contributed by atoms with E-state index in [1.54, 1.807) is 12.1 Å². The highest BCUT2D eigenvalue weighted by atomic mass is 32.2. The van der Waals surface area contributed by atoms with Crippen molar-refractivity contribution in [3.63, 3.8) is 0 Å². The number of urea groups is 1. The maximum atomic E-state index is 13.1. The minimum absolute atomic E-state index is 0.316. The minimum atomic E-state index is -0.553. The Labute approximate surface area is 141 Å². The Morgan fingerprint density at radius 1 is 0.917 bits per heavy atom. The molecule has 2 aliphatic rings. The van der Waals surface area contributed by atoms with Gasteiger partial charge in [0.2, 0.25) is 0 Å². The highest BCUT2D eigenvalue weighted by Gasteiger charge is 2.53. The molecule has 0 aliphatic carbocycles. The number of nitrogens with zero attached hydrogens (tertiary/aromatic N) is 2. The van der Waals surface area contributed by atoms with E-state index < -0.39 is 17.9 Å². The van der Waals surface area contributed by atoms with Gasteiger partial charge in [0.05, 0.1) is 5.69 Å². The van der Waals surface area contributed by atoms with Crippen LogP contribution in [-0.2, 0) is 4.79 Å². The Hall–Kier alpha value is -2.41. The average Bonchev–Trinajstić information content (AvgIpc) is 3.11. The lowest BCUT2D eigenvalue weighted by Crippen LogP contribution is -2.33. The molecule has 2 aromatic carbocycles. The molecule has 4 rings (SSSR count). The van der Waals surface area contributed by atoms with E-state index in [1.807, 2.05) is 0 Å². The number of amides is 3. The summed E-state index contributed by atoms with van der Waals surface area (Å²) in [6.45, 7) is 0. The van der Waals surface area contributed by atoms with Gasteiger partial charge >= 0.3 is 6.03 Å². The summed E-state index contributed by atoms with van der Waals surface area (Å²) in [6.07, 6.45) is 0. The van der Waals surface area contributed by atoms with Crippen LogP contribution in [0.5, 0.6) is 0 Å². The van der Waals surface area contributed by atoms with Crippen molar-refractivity contribution in [2.75, 3.05) is 10.7 Å². The Kier molecular flexibility index (Phi) is 3.53. The van der Waals surface area contributed by atoms with Crippen LogP contribution in [0.4, 0.5) is 19.3 Å². The van der Waals surface area contributed by atoms with Gasteiger partial charge < -0.3 is 0 Å². The molecule has 0 N–H and O–H groups in total. The second-order valence-electron chi connectivity index (χ2n) is 5.59. The highest BCUT2D eigenvalue weighted by Crippen LogP contribution is 2.45. The zero-order valence-electron chi connectivity index (χ0n) is 12.4. The van der Waals surface area contributed by atoms with Crippen molar-refractivity contribution in [1.29, 1.82) is 0 Å². The third-order valence-electron chi connectivity index (χ3n) is 4.16. The number of carbonyl (C=O) groups excluding carboxylic acids is 2. The summed E-state index contributed by atoms with van der Waals surface area (Å²) in [6, 6.07) is 10.2. The van der Waals surface area contributed by atoms with Gasteiger partial charge in [0.1, 0.15) is 23.1 Å². The predicted octanol–water partition coefficient (Wildman–Crippen LogP) is 3.55. The first kappa shape index (κ1) is 15.1. The van der Waals surface area contributed by atoms with E-state index in [1.165, 1.54) is 53.1 Å². The topological polar surface area (TPSA) is 40.6 Å². The van der Waals surface area contributed by atoms with Crippen LogP contribution in [0.3, 0.4) is 0 Å². The third kappa shape index (κ3) is 2.27. The third-order valence-corrected chi connectivity index (χ3v) is 5.48. The minimum Gasteiger partial charge on any atom is -0.295 e. The van der Waals surface area contributed by atoms with Gasteiger partial charge in [-0.2, -0.15) is 0 Å². The molecular formula is C17H12F2N2O2S. The Morgan fingerprint density at radius 2 is 1.50 bits per heavy atom. The number of halogens is 2. The summed E-state index contributed by atoms with van der Waals surface area (Å²) in [7, 11) is 0. The van der Waals surface area contributed by atoms with Gasteiger partial charge in [-0.1, -0.05) is 12.1 Å². The van der Waals surface area contributed by atoms with Crippen LogP contribution in [0, 0.1) is 11.6 Å². The van der Waals surface area contributed by atoms with E-state index in [-0.39, 0.29) is 17.1 Å². The molecule has 2 fully saturated rings. The van der Waals surface area contributed by atoms with Crippen LogP contribution in [0.2, 0.25) is 0 Å². The van der Waals surface area contributed by atoms with Crippen molar-refractivity contribution < 1.29 is 18.4 Å². The second-order valence-corrected chi connectivity index (χ2v) is 6.71. The lowest BCUT2D eigenvalue weighted by molar-refractivity contribution is -0.119. The molecule has 0 aromatic heterocycles. The van der Waals surface area contributed by atoms with Crippen LogP contribution < -0.4 is 4.90 Å². The molecule has 0 spiro atoms. The summed E-state index contributed by atoms with van der Waals surface area (Å²) in [5.74, 6) is -0.624. The molecule has 24 heavy (non-hydrogen) atoms. The molecule has 4 nitrogen and oxygen atoms in total. The van der Waals surface area contributed by atoms with Crippen molar-refractivity contribution >= 4 is 29.4 Å². The van der Waals surface area contributed by atoms with Crippen molar-refractivity contribution in [2.45, 2.75) is 11.4 Å². The molecule has 2 heterocycles. The van der Waals surface area contributed by atoms with E-state index in [2.05, 4.69) is 0 Å². The smallest absolute Gasteiger partial charge is 0.295 e. The fourth-order valence-corrected chi connectivity index (χ4v) is 4.42. The van der Waals surface area contributed by atoms with E-state index >= 15 is 0 Å². The number of hydrogen-bond donors (Lipinski definition) is 0. The molecule has 0 bridgehead atoms. The number of rotatable bonds is 2. The first-order valence-corrected chi connectivity index (χ1v) is 8.40. The fourth-order valence-electron chi connectivity index (χ4n) is 3.00. The van der Waals surface area contributed by atoms with E-state index in [9.17, 15) is 18.4 Å². The maximum Gasteiger partial charge on any atom is 0.333 e. The standard InChI is InChI=1S/C17H12F2N2O2S/c18-11-3-1-10(2-4-11)16-21-14(9-24-16)15(22)20(17(21)23)13-7-5-12(19)6-8-13/h1-8,14,16H,9H2. The number of imide groups is 1. The van der Waals surface area contributed by atoms with Crippen molar-refractivity contribution in [2.24, 2.45) is 0 Å². The van der Waals surface area contributed by atoms with E-state index in [0.29, 0.717) is 11.4 Å². The molecule has 0 radical (unpaired) electrons. The summed E-state index contributed by atoms with van der Waals surface area (Å²) in [5, 5.41) is -0.336. The van der Waals surface area contributed by atoms with Crippen LogP contribution in [-0.4, -0.2) is 28.6 Å². The molecule has 2 unspecified atom stereocenters. The largest absolute Gasteiger partial charge is 0.333 e. The lowest BCUT2D eigenvalue weighted by Gasteiger charge is -2.23. The van der Waals surface area contributed by atoms with Gasteiger partial charge in [0, 0.05) is 5.75 Å². The summed E-state index contributed by atoms with van der Waals surface area (Å²) in [4.78, 5) is 28.0. The zero-order chi connectivity index (χ0) is 16.8. The Bertz CT molecular complexity index is 810. The molecule has 7 heteroatoms. The van der Waals surface area contributed by atoms with Gasteiger partial charge in [0.25, 0.3) is 5.91 Å². The van der Waals surface area contributed by atoms with Gasteiger partial charge in [-0.25, -0.2) is 18.5 Å². The van der Waals surface area contributed by atoms with E-state index in [0.717, 1.165) is 10.5 Å². The highest BCUT2D eigenvalue weighted by molar-refractivity contribution is 7.99. The van der Waals surface area contributed by atoms with Crippen LogP contribution >= 0.6 is 11.8 Å². The monoisotopic (exact) mass is 346 g/mol. The molecule has 2 aromatic rings. The van der Waals surface area contributed by atoms with Crippen LogP contribution in [0.25, 0.3) is 0 Å². The molecule has 122 valence electrons. The Balaban J connectivity index is 1.67. The van der Waals surface area contributed by atoms with Gasteiger partial charge in [-0.15, -0.1) is 11.8 Å². The zero-order valence-corrected chi connectivity index (χ0v) is 13.2. The number of fused-ring (bicyclic) bond motifs is 1. The van der Waals surface area contributed by atoms with Crippen LogP contribution in [0.1, 0.15) is 10.9 Å². The number of anilines is 1. The fraction of sp³-hybridized carbons (Fsp3) is 0.176.